The highest BCUT2D eigenvalue weighted by molar-refractivity contribution is 5.75. The van der Waals surface area contributed by atoms with Crippen molar-refractivity contribution in [2.75, 3.05) is 14.2 Å². The Balaban J connectivity index is 1.53. The number of nitrogens with zero attached hydrogens (tertiary/aromatic N) is 2. The third-order valence-electron chi connectivity index (χ3n) is 4.80. The van der Waals surface area contributed by atoms with Gasteiger partial charge < -0.3 is 19.3 Å². The maximum atomic E-state index is 12.0. The molecular weight excluding hydrogens is 334 g/mol. The summed E-state index contributed by atoms with van der Waals surface area (Å²) in [4.78, 5) is 16.3. The lowest BCUT2D eigenvalue weighted by Gasteiger charge is -2.08. The molecule has 0 saturated heterocycles. The summed E-state index contributed by atoms with van der Waals surface area (Å²) in [5.41, 5.74) is 0.755. The van der Waals surface area contributed by atoms with Crippen LogP contribution >= 0.6 is 0 Å². The van der Waals surface area contributed by atoms with E-state index < -0.39 is 0 Å². The lowest BCUT2D eigenvalue weighted by Crippen LogP contribution is -2.23. The highest BCUT2D eigenvalue weighted by Crippen LogP contribution is 2.31. The molecular formula is C19H25N3O4. The fourth-order valence-corrected chi connectivity index (χ4v) is 3.32. The number of rotatable bonds is 8. The molecule has 1 amide bonds. The van der Waals surface area contributed by atoms with Gasteiger partial charge in [0.25, 0.3) is 0 Å². The van der Waals surface area contributed by atoms with Crippen molar-refractivity contribution < 1.29 is 18.8 Å². The largest absolute Gasteiger partial charge is 0.493 e. The van der Waals surface area contributed by atoms with E-state index in [1.807, 2.05) is 6.07 Å². The summed E-state index contributed by atoms with van der Waals surface area (Å²) >= 11 is 0. The van der Waals surface area contributed by atoms with E-state index >= 15 is 0 Å². The zero-order valence-electron chi connectivity index (χ0n) is 15.3. The number of carbonyl (C=O) groups excluding carboxylic acids is 1. The van der Waals surface area contributed by atoms with Crippen molar-refractivity contribution in [2.24, 2.45) is 5.92 Å². The van der Waals surface area contributed by atoms with Gasteiger partial charge in [0.15, 0.2) is 11.5 Å². The molecule has 0 aliphatic heterocycles. The molecule has 0 radical (unpaired) electrons. The highest BCUT2D eigenvalue weighted by Gasteiger charge is 2.17. The number of ether oxygens (including phenoxy) is 2. The Labute approximate surface area is 153 Å². The molecule has 1 N–H and O–H groups in total. The van der Waals surface area contributed by atoms with Crippen molar-refractivity contribution in [3.05, 3.63) is 24.1 Å². The van der Waals surface area contributed by atoms with Gasteiger partial charge in [0.05, 0.1) is 20.8 Å². The minimum absolute atomic E-state index is 0.0303. The minimum Gasteiger partial charge on any atom is -0.493 e. The molecule has 7 nitrogen and oxygen atoms in total. The van der Waals surface area contributed by atoms with Gasteiger partial charge in [-0.15, -0.1) is 0 Å². The van der Waals surface area contributed by atoms with Gasteiger partial charge in [-0.3, -0.25) is 4.79 Å². The molecule has 0 atom stereocenters. The van der Waals surface area contributed by atoms with E-state index in [1.165, 1.54) is 25.7 Å². The first-order valence-electron chi connectivity index (χ1n) is 9.01. The monoisotopic (exact) mass is 359 g/mol. The second kappa shape index (κ2) is 8.69. The Morgan fingerprint density at radius 3 is 2.73 bits per heavy atom. The molecule has 1 aliphatic rings. The van der Waals surface area contributed by atoms with Gasteiger partial charge in [0, 0.05) is 12.0 Å². The number of benzene rings is 1. The second-order valence-electron chi connectivity index (χ2n) is 6.55. The van der Waals surface area contributed by atoms with Crippen molar-refractivity contribution in [3.63, 3.8) is 0 Å². The fraction of sp³-hybridized carbons (Fsp3) is 0.526. The third kappa shape index (κ3) is 4.53. The first-order valence-corrected chi connectivity index (χ1v) is 9.01. The first kappa shape index (κ1) is 18.2. The average molecular weight is 359 g/mol. The number of hydrogen-bond donors (Lipinski definition) is 1. The van der Waals surface area contributed by atoms with Gasteiger partial charge in [-0.1, -0.05) is 30.8 Å². The van der Waals surface area contributed by atoms with Crippen LogP contribution in [0.25, 0.3) is 11.4 Å². The van der Waals surface area contributed by atoms with Gasteiger partial charge in [-0.2, -0.15) is 4.98 Å². The number of carbonyl (C=O) groups is 1. The van der Waals surface area contributed by atoms with Gasteiger partial charge >= 0.3 is 0 Å². The number of nitrogens with one attached hydrogen (secondary N) is 1. The minimum atomic E-state index is 0.0303. The van der Waals surface area contributed by atoms with Crippen LogP contribution in [0.5, 0.6) is 11.5 Å². The molecule has 3 rings (SSSR count). The van der Waals surface area contributed by atoms with Crippen LogP contribution in [-0.4, -0.2) is 30.3 Å². The summed E-state index contributed by atoms with van der Waals surface area (Å²) < 4.78 is 15.7. The number of hydrogen-bond acceptors (Lipinski definition) is 6. The summed E-state index contributed by atoms with van der Waals surface area (Å²) in [5, 5.41) is 6.82. The Morgan fingerprint density at radius 2 is 2.00 bits per heavy atom. The van der Waals surface area contributed by atoms with E-state index in [-0.39, 0.29) is 12.5 Å². The molecule has 1 saturated carbocycles. The average Bonchev–Trinajstić information content (AvgIpc) is 3.36. The summed E-state index contributed by atoms with van der Waals surface area (Å²) in [6, 6.07) is 5.40. The fourth-order valence-electron chi connectivity index (χ4n) is 3.32. The molecule has 26 heavy (non-hydrogen) atoms. The number of amides is 1. The molecule has 0 unspecified atom stereocenters. The SMILES string of the molecule is COc1ccc(-c2noc(CNC(=O)CCC3CCCC3)n2)cc1OC. The number of methoxy groups -OCH3 is 2. The molecule has 1 heterocycles. The van der Waals surface area contributed by atoms with Gasteiger partial charge in [0.2, 0.25) is 17.6 Å². The van der Waals surface area contributed by atoms with Crippen LogP contribution in [0.1, 0.15) is 44.4 Å². The first-order chi connectivity index (χ1) is 12.7. The van der Waals surface area contributed by atoms with E-state index in [1.54, 1.807) is 26.4 Å². The third-order valence-corrected chi connectivity index (χ3v) is 4.80. The molecule has 0 spiro atoms. The molecule has 0 bridgehead atoms. The molecule has 7 heteroatoms. The maximum Gasteiger partial charge on any atom is 0.246 e. The smallest absolute Gasteiger partial charge is 0.246 e. The summed E-state index contributed by atoms with van der Waals surface area (Å²) in [6.45, 7) is 0.240. The van der Waals surface area contributed by atoms with E-state index in [2.05, 4.69) is 15.5 Å². The van der Waals surface area contributed by atoms with Crippen molar-refractivity contribution in [1.29, 1.82) is 0 Å². The lowest BCUT2D eigenvalue weighted by atomic mass is 10.0. The number of aromatic nitrogens is 2. The summed E-state index contributed by atoms with van der Waals surface area (Å²) in [6.07, 6.45) is 6.63. The van der Waals surface area contributed by atoms with Crippen LogP contribution in [0.2, 0.25) is 0 Å². The normalized spacial score (nSPS) is 14.4. The zero-order valence-corrected chi connectivity index (χ0v) is 15.3. The molecule has 1 aromatic carbocycles. The van der Waals surface area contributed by atoms with Crippen LogP contribution < -0.4 is 14.8 Å². The summed E-state index contributed by atoms with van der Waals surface area (Å²) in [5.74, 6) is 2.79. The molecule has 1 aliphatic carbocycles. The predicted molar refractivity (Wildman–Crippen MR) is 95.9 cm³/mol. The topological polar surface area (TPSA) is 86.5 Å². The molecule has 2 aromatic rings. The Hall–Kier alpha value is -2.57. The summed E-state index contributed by atoms with van der Waals surface area (Å²) in [7, 11) is 3.16. The quantitative estimate of drug-likeness (QED) is 0.778. The van der Waals surface area contributed by atoms with E-state index in [9.17, 15) is 4.79 Å². The van der Waals surface area contributed by atoms with Crippen molar-refractivity contribution in [2.45, 2.75) is 45.1 Å². The van der Waals surface area contributed by atoms with E-state index in [4.69, 9.17) is 14.0 Å². The Morgan fingerprint density at radius 1 is 1.23 bits per heavy atom. The van der Waals surface area contributed by atoms with Crippen LogP contribution in [0.15, 0.2) is 22.7 Å². The van der Waals surface area contributed by atoms with Gasteiger partial charge in [0.1, 0.15) is 0 Å². The Bertz CT molecular complexity index is 738. The van der Waals surface area contributed by atoms with E-state index in [0.29, 0.717) is 35.6 Å². The zero-order chi connectivity index (χ0) is 18.4. The predicted octanol–water partition coefficient (Wildman–Crippen LogP) is 3.34. The van der Waals surface area contributed by atoms with Gasteiger partial charge in [-0.25, -0.2) is 0 Å². The van der Waals surface area contributed by atoms with Crippen LogP contribution in [0, 0.1) is 5.92 Å². The Kier molecular flexibility index (Phi) is 6.09. The van der Waals surface area contributed by atoms with Crippen LogP contribution in [-0.2, 0) is 11.3 Å². The van der Waals surface area contributed by atoms with Gasteiger partial charge in [-0.05, 0) is 30.5 Å². The highest BCUT2D eigenvalue weighted by atomic mass is 16.5. The van der Waals surface area contributed by atoms with Crippen LogP contribution in [0.4, 0.5) is 0 Å². The molecule has 140 valence electrons. The second-order valence-corrected chi connectivity index (χ2v) is 6.55. The maximum absolute atomic E-state index is 12.0. The molecule has 1 aromatic heterocycles. The van der Waals surface area contributed by atoms with Crippen molar-refractivity contribution in [3.8, 4) is 22.9 Å². The molecule has 1 fully saturated rings. The lowest BCUT2D eigenvalue weighted by molar-refractivity contribution is -0.121. The standard InChI is InChI=1S/C19H25N3O4/c1-24-15-9-8-14(11-16(15)25-2)19-21-18(26-22-19)12-20-17(23)10-7-13-5-3-4-6-13/h8-9,11,13H,3-7,10,12H2,1-2H3,(H,20,23). The van der Waals surface area contributed by atoms with Crippen LogP contribution in [0.3, 0.4) is 0 Å². The van der Waals surface area contributed by atoms with Crippen molar-refractivity contribution in [1.82, 2.24) is 15.5 Å². The van der Waals surface area contributed by atoms with Crippen molar-refractivity contribution >= 4 is 5.91 Å². The van der Waals surface area contributed by atoms with E-state index in [0.717, 1.165) is 12.0 Å².